The quantitative estimate of drug-likeness (QED) is 0.907. The van der Waals surface area contributed by atoms with E-state index in [0.717, 1.165) is 29.7 Å². The van der Waals surface area contributed by atoms with Gasteiger partial charge in [0.2, 0.25) is 0 Å². The molecule has 2 aromatic rings. The van der Waals surface area contributed by atoms with Gasteiger partial charge in [0.15, 0.2) is 0 Å². The van der Waals surface area contributed by atoms with Gasteiger partial charge in [0.25, 0.3) is 0 Å². The van der Waals surface area contributed by atoms with Gasteiger partial charge >= 0.3 is 0 Å². The predicted molar refractivity (Wildman–Crippen MR) is 80.4 cm³/mol. The first-order valence-corrected chi connectivity index (χ1v) is 7.17. The molecule has 0 bridgehead atoms. The third-order valence-corrected chi connectivity index (χ3v) is 4.28. The van der Waals surface area contributed by atoms with Crippen LogP contribution in [0.2, 0.25) is 5.02 Å². The van der Waals surface area contributed by atoms with E-state index in [9.17, 15) is 5.11 Å². The van der Waals surface area contributed by atoms with Gasteiger partial charge in [0, 0.05) is 5.02 Å². The second kappa shape index (κ2) is 5.12. The zero-order valence-corrected chi connectivity index (χ0v) is 12.2. The van der Waals surface area contributed by atoms with Gasteiger partial charge in [-0.15, -0.1) is 0 Å². The van der Waals surface area contributed by atoms with Gasteiger partial charge in [0.05, 0.1) is 7.11 Å². The standard InChI is InChI=1S/C17H17ClO2/c1-20-15-8-7-12-4-3-9-17(19,16(12)11-15)13-5-2-6-14(18)10-13/h2,5-8,10-11,19H,3-4,9H2,1H3. The van der Waals surface area contributed by atoms with Crippen LogP contribution in [0.5, 0.6) is 5.75 Å². The molecule has 0 amide bonds. The fourth-order valence-corrected chi connectivity index (χ4v) is 3.19. The molecule has 1 aliphatic carbocycles. The van der Waals surface area contributed by atoms with Crippen molar-refractivity contribution in [3.8, 4) is 5.75 Å². The molecule has 2 nitrogen and oxygen atoms in total. The molecule has 1 N–H and O–H groups in total. The largest absolute Gasteiger partial charge is 0.497 e. The van der Waals surface area contributed by atoms with Crippen LogP contribution in [0.15, 0.2) is 42.5 Å². The van der Waals surface area contributed by atoms with Crippen LogP contribution in [0.4, 0.5) is 0 Å². The van der Waals surface area contributed by atoms with Gasteiger partial charge in [-0.05, 0) is 60.2 Å². The van der Waals surface area contributed by atoms with Gasteiger partial charge in [-0.2, -0.15) is 0 Å². The average Bonchev–Trinajstić information content (AvgIpc) is 2.47. The molecule has 0 aliphatic heterocycles. The lowest BCUT2D eigenvalue weighted by Crippen LogP contribution is -2.31. The summed E-state index contributed by atoms with van der Waals surface area (Å²) in [7, 11) is 1.64. The van der Waals surface area contributed by atoms with Crippen LogP contribution in [-0.4, -0.2) is 12.2 Å². The van der Waals surface area contributed by atoms with E-state index in [2.05, 4.69) is 0 Å². The summed E-state index contributed by atoms with van der Waals surface area (Å²) in [5.41, 5.74) is 1.98. The number of aryl methyl sites for hydroxylation is 1. The van der Waals surface area contributed by atoms with Crippen molar-refractivity contribution in [3.05, 3.63) is 64.2 Å². The molecule has 2 aromatic carbocycles. The van der Waals surface area contributed by atoms with Gasteiger partial charge in [-0.3, -0.25) is 0 Å². The summed E-state index contributed by atoms with van der Waals surface area (Å²) in [6.07, 6.45) is 2.65. The van der Waals surface area contributed by atoms with Crippen LogP contribution in [0, 0.1) is 0 Å². The summed E-state index contributed by atoms with van der Waals surface area (Å²) in [4.78, 5) is 0. The van der Waals surface area contributed by atoms with E-state index in [1.165, 1.54) is 5.56 Å². The number of hydrogen-bond donors (Lipinski definition) is 1. The minimum Gasteiger partial charge on any atom is -0.497 e. The number of benzene rings is 2. The van der Waals surface area contributed by atoms with Crippen LogP contribution in [0.1, 0.15) is 29.5 Å². The average molecular weight is 289 g/mol. The Morgan fingerprint density at radius 3 is 2.80 bits per heavy atom. The molecule has 1 unspecified atom stereocenters. The molecule has 0 radical (unpaired) electrons. The topological polar surface area (TPSA) is 29.5 Å². The fraction of sp³-hybridized carbons (Fsp3) is 0.294. The zero-order chi connectivity index (χ0) is 14.2. The van der Waals surface area contributed by atoms with Crippen molar-refractivity contribution in [3.63, 3.8) is 0 Å². The maximum atomic E-state index is 11.2. The maximum Gasteiger partial charge on any atom is 0.119 e. The van der Waals surface area contributed by atoms with E-state index in [4.69, 9.17) is 16.3 Å². The van der Waals surface area contributed by atoms with Gasteiger partial charge in [-0.1, -0.05) is 29.8 Å². The Kier molecular flexibility index (Phi) is 3.45. The Labute approximate surface area is 124 Å². The highest BCUT2D eigenvalue weighted by Crippen LogP contribution is 2.42. The first-order valence-electron chi connectivity index (χ1n) is 6.79. The highest BCUT2D eigenvalue weighted by Gasteiger charge is 2.36. The Hall–Kier alpha value is -1.51. The third-order valence-electron chi connectivity index (χ3n) is 4.05. The third kappa shape index (κ3) is 2.19. The summed E-state index contributed by atoms with van der Waals surface area (Å²) >= 11 is 6.08. The molecule has 0 saturated carbocycles. The maximum absolute atomic E-state index is 11.2. The van der Waals surface area contributed by atoms with E-state index >= 15 is 0 Å². The minimum absolute atomic E-state index is 0.644. The lowest BCUT2D eigenvalue weighted by atomic mass is 9.75. The summed E-state index contributed by atoms with van der Waals surface area (Å²) in [6.45, 7) is 0. The van der Waals surface area contributed by atoms with Crippen molar-refractivity contribution in [2.45, 2.75) is 24.9 Å². The molecular formula is C17H17ClO2. The molecule has 0 saturated heterocycles. The summed E-state index contributed by atoms with van der Waals surface area (Å²) < 4.78 is 5.30. The summed E-state index contributed by atoms with van der Waals surface area (Å²) in [5.74, 6) is 0.770. The first-order chi connectivity index (χ1) is 9.63. The predicted octanol–water partition coefficient (Wildman–Crippen LogP) is 3.92. The highest BCUT2D eigenvalue weighted by atomic mass is 35.5. The van der Waals surface area contributed by atoms with Crippen molar-refractivity contribution < 1.29 is 9.84 Å². The van der Waals surface area contributed by atoms with Crippen LogP contribution < -0.4 is 4.74 Å². The molecule has 0 spiro atoms. The van der Waals surface area contributed by atoms with Crippen LogP contribution >= 0.6 is 11.6 Å². The molecule has 3 rings (SSSR count). The van der Waals surface area contributed by atoms with Crippen LogP contribution in [-0.2, 0) is 12.0 Å². The van der Waals surface area contributed by atoms with Crippen LogP contribution in [0.3, 0.4) is 0 Å². The Morgan fingerprint density at radius 1 is 1.20 bits per heavy atom. The van der Waals surface area contributed by atoms with E-state index < -0.39 is 5.60 Å². The zero-order valence-electron chi connectivity index (χ0n) is 11.4. The lowest BCUT2D eigenvalue weighted by Gasteiger charge is -2.35. The number of halogens is 1. The monoisotopic (exact) mass is 288 g/mol. The lowest BCUT2D eigenvalue weighted by molar-refractivity contribution is 0.0613. The van der Waals surface area contributed by atoms with E-state index in [1.807, 2.05) is 42.5 Å². The number of methoxy groups -OCH3 is 1. The molecule has 104 valence electrons. The highest BCUT2D eigenvalue weighted by molar-refractivity contribution is 6.30. The van der Waals surface area contributed by atoms with Crippen molar-refractivity contribution >= 4 is 11.6 Å². The molecular weight excluding hydrogens is 272 g/mol. The van der Waals surface area contributed by atoms with E-state index in [1.54, 1.807) is 7.11 Å². The van der Waals surface area contributed by atoms with Crippen LogP contribution in [0.25, 0.3) is 0 Å². The molecule has 0 aromatic heterocycles. The molecule has 0 fully saturated rings. The van der Waals surface area contributed by atoms with Crippen molar-refractivity contribution in [1.82, 2.24) is 0 Å². The van der Waals surface area contributed by atoms with Gasteiger partial charge in [-0.25, -0.2) is 0 Å². The molecule has 0 heterocycles. The SMILES string of the molecule is COc1ccc2c(c1)C(O)(c1cccc(Cl)c1)CCC2. The number of aliphatic hydroxyl groups is 1. The Morgan fingerprint density at radius 2 is 2.05 bits per heavy atom. The van der Waals surface area contributed by atoms with Crippen molar-refractivity contribution in [1.29, 1.82) is 0 Å². The number of fused-ring (bicyclic) bond motifs is 1. The summed E-state index contributed by atoms with van der Waals surface area (Å²) in [5, 5.41) is 11.9. The second-order valence-electron chi connectivity index (χ2n) is 5.25. The fourth-order valence-electron chi connectivity index (χ4n) is 3.00. The number of ether oxygens (including phenoxy) is 1. The summed E-state index contributed by atoms with van der Waals surface area (Å²) in [6, 6.07) is 13.4. The second-order valence-corrected chi connectivity index (χ2v) is 5.68. The Bertz CT molecular complexity index is 639. The van der Waals surface area contributed by atoms with Gasteiger partial charge < -0.3 is 9.84 Å². The number of hydrogen-bond acceptors (Lipinski definition) is 2. The molecule has 20 heavy (non-hydrogen) atoms. The van der Waals surface area contributed by atoms with Gasteiger partial charge in [0.1, 0.15) is 11.4 Å². The van der Waals surface area contributed by atoms with Crippen molar-refractivity contribution in [2.75, 3.05) is 7.11 Å². The molecule has 3 heteroatoms. The smallest absolute Gasteiger partial charge is 0.119 e. The first kappa shape index (κ1) is 13.5. The van der Waals surface area contributed by atoms with E-state index in [-0.39, 0.29) is 0 Å². The number of rotatable bonds is 2. The minimum atomic E-state index is -0.979. The van der Waals surface area contributed by atoms with Crippen molar-refractivity contribution in [2.24, 2.45) is 0 Å². The normalized spacial score (nSPS) is 21.4. The molecule has 1 aliphatic rings. The molecule has 1 atom stereocenters. The van der Waals surface area contributed by atoms with E-state index in [0.29, 0.717) is 11.4 Å². The Balaban J connectivity index is 2.16.